The van der Waals surface area contributed by atoms with Crippen LogP contribution in [0.3, 0.4) is 0 Å². The van der Waals surface area contributed by atoms with E-state index in [4.69, 9.17) is 4.74 Å². The van der Waals surface area contributed by atoms with Crippen molar-refractivity contribution in [3.8, 4) is 5.75 Å². The molecule has 1 aromatic heterocycles. The van der Waals surface area contributed by atoms with E-state index in [1.54, 1.807) is 12.7 Å². The Morgan fingerprint density at radius 1 is 1.35 bits per heavy atom. The predicted octanol–water partition coefficient (Wildman–Crippen LogP) is 0.646. The molecule has 6 heteroatoms. The van der Waals surface area contributed by atoms with Crippen LogP contribution in [0, 0.1) is 5.92 Å². The summed E-state index contributed by atoms with van der Waals surface area (Å²) in [6.07, 6.45) is 3.99. The quantitative estimate of drug-likeness (QED) is 0.887. The third-order valence-corrected chi connectivity index (χ3v) is 3.39. The van der Waals surface area contributed by atoms with E-state index in [1.165, 1.54) is 0 Å². The third-order valence-electron chi connectivity index (χ3n) is 3.39. The number of nitrogens with zero attached hydrogens (tertiary/aromatic N) is 3. The second-order valence-corrected chi connectivity index (χ2v) is 4.81. The molecule has 104 valence electrons. The molecule has 1 unspecified atom stereocenters. The standard InChI is InChI=1S/C14H16N4O2/c19-14(15-5-6-18-9-16-17-10-18)12-7-11-3-1-2-4-13(11)20-8-12/h1-4,9-10,12H,5-8H2,(H,15,19). The molecule has 3 rings (SSSR count). The first kappa shape index (κ1) is 12.7. The van der Waals surface area contributed by atoms with E-state index < -0.39 is 0 Å². The monoisotopic (exact) mass is 272 g/mol. The molecular formula is C14H16N4O2. The largest absolute Gasteiger partial charge is 0.492 e. The average Bonchev–Trinajstić information content (AvgIpc) is 3.00. The van der Waals surface area contributed by atoms with Crippen molar-refractivity contribution >= 4 is 5.91 Å². The van der Waals surface area contributed by atoms with Crippen molar-refractivity contribution in [1.29, 1.82) is 0 Å². The lowest BCUT2D eigenvalue weighted by atomic mass is 9.96. The fourth-order valence-electron chi connectivity index (χ4n) is 2.29. The minimum atomic E-state index is -0.120. The van der Waals surface area contributed by atoms with E-state index in [-0.39, 0.29) is 11.8 Å². The highest BCUT2D eigenvalue weighted by atomic mass is 16.5. The van der Waals surface area contributed by atoms with Crippen molar-refractivity contribution in [1.82, 2.24) is 20.1 Å². The smallest absolute Gasteiger partial charge is 0.226 e. The second kappa shape index (κ2) is 5.73. The van der Waals surface area contributed by atoms with Gasteiger partial charge in [0.05, 0.1) is 5.92 Å². The molecule has 1 N–H and O–H groups in total. The highest BCUT2D eigenvalue weighted by Crippen LogP contribution is 2.26. The van der Waals surface area contributed by atoms with Crippen molar-refractivity contribution in [2.75, 3.05) is 13.2 Å². The summed E-state index contributed by atoms with van der Waals surface area (Å²) in [6, 6.07) is 7.86. The number of fused-ring (bicyclic) bond motifs is 1. The predicted molar refractivity (Wildman–Crippen MR) is 72.2 cm³/mol. The molecule has 1 aliphatic rings. The molecule has 0 radical (unpaired) electrons. The number of para-hydroxylation sites is 1. The van der Waals surface area contributed by atoms with Gasteiger partial charge in [0.1, 0.15) is 25.0 Å². The Balaban J connectivity index is 1.51. The summed E-state index contributed by atoms with van der Waals surface area (Å²) in [6.45, 7) is 1.67. The Hall–Kier alpha value is -2.37. The van der Waals surface area contributed by atoms with Crippen LogP contribution in [0.1, 0.15) is 5.56 Å². The Morgan fingerprint density at radius 3 is 3.00 bits per heavy atom. The van der Waals surface area contributed by atoms with Gasteiger partial charge in [-0.1, -0.05) is 18.2 Å². The van der Waals surface area contributed by atoms with Gasteiger partial charge in [0.15, 0.2) is 0 Å². The van der Waals surface area contributed by atoms with Crippen LogP contribution >= 0.6 is 0 Å². The molecule has 1 amide bonds. The van der Waals surface area contributed by atoms with Crippen LogP contribution in [0.2, 0.25) is 0 Å². The van der Waals surface area contributed by atoms with Crippen molar-refractivity contribution in [2.45, 2.75) is 13.0 Å². The zero-order valence-electron chi connectivity index (χ0n) is 11.0. The van der Waals surface area contributed by atoms with Gasteiger partial charge in [0.2, 0.25) is 5.91 Å². The van der Waals surface area contributed by atoms with Gasteiger partial charge in [-0.25, -0.2) is 0 Å². The molecule has 0 fully saturated rings. The first-order chi connectivity index (χ1) is 9.83. The van der Waals surface area contributed by atoms with E-state index >= 15 is 0 Å². The molecule has 0 saturated heterocycles. The molecule has 0 bridgehead atoms. The van der Waals surface area contributed by atoms with Crippen LogP contribution in [0.25, 0.3) is 0 Å². The number of benzene rings is 1. The lowest BCUT2D eigenvalue weighted by Gasteiger charge is -2.24. The van der Waals surface area contributed by atoms with E-state index in [1.807, 2.05) is 28.8 Å². The fourth-order valence-corrected chi connectivity index (χ4v) is 2.29. The molecule has 1 aromatic carbocycles. The minimum absolute atomic E-state index is 0.0348. The van der Waals surface area contributed by atoms with E-state index in [0.717, 1.165) is 17.7 Å². The molecule has 1 atom stereocenters. The summed E-state index contributed by atoms with van der Waals surface area (Å²) in [5.74, 6) is 0.805. The van der Waals surface area contributed by atoms with Gasteiger partial charge in [0.25, 0.3) is 0 Å². The number of rotatable bonds is 4. The maximum absolute atomic E-state index is 12.1. The van der Waals surface area contributed by atoms with Crippen LogP contribution in [-0.2, 0) is 17.8 Å². The summed E-state index contributed by atoms with van der Waals surface area (Å²) in [5.41, 5.74) is 1.10. The maximum atomic E-state index is 12.1. The lowest BCUT2D eigenvalue weighted by molar-refractivity contribution is -0.126. The molecule has 0 aliphatic carbocycles. The maximum Gasteiger partial charge on any atom is 0.226 e. The van der Waals surface area contributed by atoms with Gasteiger partial charge in [-0.2, -0.15) is 0 Å². The van der Waals surface area contributed by atoms with Crippen LogP contribution in [0.4, 0.5) is 0 Å². The summed E-state index contributed by atoms with van der Waals surface area (Å²) in [5, 5.41) is 10.4. The summed E-state index contributed by atoms with van der Waals surface area (Å²) in [4.78, 5) is 12.1. The summed E-state index contributed by atoms with van der Waals surface area (Å²) >= 11 is 0. The van der Waals surface area contributed by atoms with E-state index in [9.17, 15) is 4.79 Å². The van der Waals surface area contributed by atoms with Crippen LogP contribution in [0.5, 0.6) is 5.75 Å². The Bertz CT molecular complexity index is 583. The molecular weight excluding hydrogens is 256 g/mol. The zero-order valence-corrected chi connectivity index (χ0v) is 11.0. The van der Waals surface area contributed by atoms with Crippen LogP contribution in [0.15, 0.2) is 36.9 Å². The number of hydrogen-bond acceptors (Lipinski definition) is 4. The zero-order chi connectivity index (χ0) is 13.8. The number of carbonyl (C=O) groups excluding carboxylic acids is 1. The summed E-state index contributed by atoms with van der Waals surface area (Å²) < 4.78 is 7.45. The minimum Gasteiger partial charge on any atom is -0.492 e. The molecule has 2 heterocycles. The molecule has 0 spiro atoms. The number of hydrogen-bond donors (Lipinski definition) is 1. The SMILES string of the molecule is O=C(NCCn1cnnc1)C1COc2ccccc2C1. The normalized spacial score (nSPS) is 17.1. The Morgan fingerprint density at radius 2 is 2.15 bits per heavy atom. The number of nitrogens with one attached hydrogen (secondary N) is 1. The van der Waals surface area contributed by atoms with Gasteiger partial charge < -0.3 is 14.6 Å². The highest BCUT2D eigenvalue weighted by Gasteiger charge is 2.25. The first-order valence-corrected chi connectivity index (χ1v) is 6.64. The van der Waals surface area contributed by atoms with Gasteiger partial charge in [-0.3, -0.25) is 4.79 Å². The van der Waals surface area contributed by atoms with E-state index in [0.29, 0.717) is 19.7 Å². The Labute approximate surface area is 116 Å². The molecule has 6 nitrogen and oxygen atoms in total. The van der Waals surface area contributed by atoms with E-state index in [2.05, 4.69) is 15.5 Å². The highest BCUT2D eigenvalue weighted by molar-refractivity contribution is 5.79. The van der Waals surface area contributed by atoms with Gasteiger partial charge in [0, 0.05) is 13.1 Å². The second-order valence-electron chi connectivity index (χ2n) is 4.81. The third kappa shape index (κ3) is 2.79. The topological polar surface area (TPSA) is 69.0 Å². The van der Waals surface area contributed by atoms with Crippen molar-refractivity contribution in [2.24, 2.45) is 5.92 Å². The fraction of sp³-hybridized carbons (Fsp3) is 0.357. The van der Waals surface area contributed by atoms with Crippen LogP contribution in [-0.4, -0.2) is 33.8 Å². The van der Waals surface area contributed by atoms with Crippen LogP contribution < -0.4 is 10.1 Å². The van der Waals surface area contributed by atoms with Crippen molar-refractivity contribution < 1.29 is 9.53 Å². The molecule has 2 aromatic rings. The molecule has 1 aliphatic heterocycles. The van der Waals surface area contributed by atoms with Crippen molar-refractivity contribution in [3.63, 3.8) is 0 Å². The van der Waals surface area contributed by atoms with Gasteiger partial charge in [-0.15, -0.1) is 10.2 Å². The average molecular weight is 272 g/mol. The van der Waals surface area contributed by atoms with Gasteiger partial charge in [-0.05, 0) is 18.1 Å². The van der Waals surface area contributed by atoms with Crippen molar-refractivity contribution in [3.05, 3.63) is 42.5 Å². The number of amides is 1. The lowest BCUT2D eigenvalue weighted by Crippen LogP contribution is -2.38. The van der Waals surface area contributed by atoms with Gasteiger partial charge >= 0.3 is 0 Å². The summed E-state index contributed by atoms with van der Waals surface area (Å²) in [7, 11) is 0. The number of ether oxygens (including phenoxy) is 1. The first-order valence-electron chi connectivity index (χ1n) is 6.64. The Kier molecular flexibility index (Phi) is 3.62. The number of aromatic nitrogens is 3. The molecule has 0 saturated carbocycles. The number of carbonyl (C=O) groups is 1. The molecule has 20 heavy (non-hydrogen) atoms.